The van der Waals surface area contributed by atoms with Crippen molar-refractivity contribution in [3.05, 3.63) is 45.7 Å². The molecule has 3 N–H and O–H groups in total. The van der Waals surface area contributed by atoms with Crippen molar-refractivity contribution in [2.24, 2.45) is 5.73 Å². The minimum atomic E-state index is -0.139. The van der Waals surface area contributed by atoms with E-state index in [0.29, 0.717) is 24.3 Å². The Kier molecular flexibility index (Phi) is 4.01. The molecule has 0 aliphatic rings. The molecule has 0 aromatic carbocycles. The van der Waals surface area contributed by atoms with Crippen molar-refractivity contribution in [3.8, 4) is 0 Å². The smallest absolute Gasteiger partial charge is 0.251 e. The molecule has 0 bridgehead atoms. The standard InChI is InChI=1S/C12H14N4OS/c1-8-6-15-11(18-8)7-16-12(17)9-2-3-14-10(4-9)5-13/h2-4,6H,5,7,13H2,1H3,(H,16,17). The predicted octanol–water partition coefficient (Wildman–Crippen LogP) is 1.24. The molecule has 0 aliphatic carbocycles. The normalized spacial score (nSPS) is 10.3. The van der Waals surface area contributed by atoms with Gasteiger partial charge >= 0.3 is 0 Å². The Morgan fingerprint density at radius 3 is 3.00 bits per heavy atom. The average molecular weight is 262 g/mol. The van der Waals surface area contributed by atoms with Gasteiger partial charge in [-0.05, 0) is 19.1 Å². The van der Waals surface area contributed by atoms with Gasteiger partial charge in [0.05, 0.1) is 12.2 Å². The molecule has 0 aliphatic heterocycles. The summed E-state index contributed by atoms with van der Waals surface area (Å²) in [5.41, 5.74) is 6.75. The average Bonchev–Trinajstić information content (AvgIpc) is 2.82. The Balaban J connectivity index is 1.99. The van der Waals surface area contributed by atoms with Crippen molar-refractivity contribution in [3.63, 3.8) is 0 Å². The fraction of sp³-hybridized carbons (Fsp3) is 0.250. The van der Waals surface area contributed by atoms with Gasteiger partial charge < -0.3 is 11.1 Å². The Hall–Kier alpha value is -1.79. The van der Waals surface area contributed by atoms with Gasteiger partial charge in [0.25, 0.3) is 5.91 Å². The number of pyridine rings is 1. The summed E-state index contributed by atoms with van der Waals surface area (Å²) in [5.74, 6) is -0.139. The molecule has 0 unspecified atom stereocenters. The summed E-state index contributed by atoms with van der Waals surface area (Å²) in [4.78, 5) is 21.3. The van der Waals surface area contributed by atoms with Gasteiger partial charge in [0, 0.05) is 29.4 Å². The second-order valence-corrected chi connectivity index (χ2v) is 5.11. The van der Waals surface area contributed by atoms with E-state index in [2.05, 4.69) is 15.3 Å². The molecular formula is C12H14N4OS. The van der Waals surface area contributed by atoms with Gasteiger partial charge in [0.1, 0.15) is 5.01 Å². The fourth-order valence-corrected chi connectivity index (χ4v) is 2.20. The van der Waals surface area contributed by atoms with Crippen LogP contribution in [0.5, 0.6) is 0 Å². The molecule has 1 amide bonds. The van der Waals surface area contributed by atoms with Crippen LogP contribution in [0, 0.1) is 6.92 Å². The molecule has 2 rings (SSSR count). The van der Waals surface area contributed by atoms with Crippen LogP contribution in [0.2, 0.25) is 0 Å². The summed E-state index contributed by atoms with van der Waals surface area (Å²) >= 11 is 1.57. The molecule has 0 atom stereocenters. The second kappa shape index (κ2) is 5.70. The van der Waals surface area contributed by atoms with E-state index in [-0.39, 0.29) is 5.91 Å². The third-order valence-electron chi connectivity index (χ3n) is 2.36. The largest absolute Gasteiger partial charge is 0.346 e. The van der Waals surface area contributed by atoms with Gasteiger partial charge in [-0.2, -0.15) is 0 Å². The topological polar surface area (TPSA) is 80.9 Å². The second-order valence-electron chi connectivity index (χ2n) is 3.79. The lowest BCUT2D eigenvalue weighted by Crippen LogP contribution is -2.23. The van der Waals surface area contributed by atoms with Crippen LogP contribution in [0.15, 0.2) is 24.5 Å². The van der Waals surface area contributed by atoms with Gasteiger partial charge in [-0.1, -0.05) is 0 Å². The molecule has 6 heteroatoms. The van der Waals surface area contributed by atoms with Gasteiger partial charge in [-0.15, -0.1) is 11.3 Å². The van der Waals surface area contributed by atoms with E-state index >= 15 is 0 Å². The van der Waals surface area contributed by atoms with Crippen molar-refractivity contribution >= 4 is 17.2 Å². The van der Waals surface area contributed by atoms with Crippen molar-refractivity contribution in [2.45, 2.75) is 20.0 Å². The van der Waals surface area contributed by atoms with E-state index in [9.17, 15) is 4.79 Å². The third-order valence-corrected chi connectivity index (χ3v) is 3.27. The van der Waals surface area contributed by atoms with Crippen LogP contribution < -0.4 is 11.1 Å². The number of hydrogen-bond donors (Lipinski definition) is 2. The summed E-state index contributed by atoms with van der Waals surface area (Å²) in [7, 11) is 0. The van der Waals surface area contributed by atoms with Crippen molar-refractivity contribution in [1.29, 1.82) is 0 Å². The molecule has 0 fully saturated rings. The molecule has 0 saturated heterocycles. The molecule has 0 radical (unpaired) electrons. The first kappa shape index (κ1) is 12.7. The van der Waals surface area contributed by atoms with E-state index in [0.717, 1.165) is 9.88 Å². The van der Waals surface area contributed by atoms with Crippen molar-refractivity contribution < 1.29 is 4.79 Å². The Morgan fingerprint density at radius 1 is 1.50 bits per heavy atom. The summed E-state index contributed by atoms with van der Waals surface area (Å²) in [6.45, 7) is 2.75. The highest BCUT2D eigenvalue weighted by Crippen LogP contribution is 2.10. The zero-order valence-electron chi connectivity index (χ0n) is 10.0. The molecule has 0 saturated carbocycles. The molecule has 18 heavy (non-hydrogen) atoms. The fourth-order valence-electron chi connectivity index (χ4n) is 1.47. The molecule has 2 aromatic heterocycles. The van der Waals surface area contributed by atoms with E-state index in [1.165, 1.54) is 0 Å². The predicted molar refractivity (Wildman–Crippen MR) is 70.1 cm³/mol. The number of thiazole rings is 1. The van der Waals surface area contributed by atoms with E-state index in [4.69, 9.17) is 5.73 Å². The Bertz CT molecular complexity index is 553. The highest BCUT2D eigenvalue weighted by atomic mass is 32.1. The van der Waals surface area contributed by atoms with Crippen LogP contribution >= 0.6 is 11.3 Å². The van der Waals surface area contributed by atoms with Gasteiger partial charge in [-0.25, -0.2) is 4.98 Å². The van der Waals surface area contributed by atoms with Gasteiger partial charge in [0.15, 0.2) is 0 Å². The van der Waals surface area contributed by atoms with Crippen molar-refractivity contribution in [2.75, 3.05) is 0 Å². The molecule has 94 valence electrons. The maximum atomic E-state index is 11.9. The summed E-state index contributed by atoms with van der Waals surface area (Å²) in [6.07, 6.45) is 3.38. The zero-order valence-corrected chi connectivity index (χ0v) is 10.8. The van der Waals surface area contributed by atoms with Crippen LogP contribution in [-0.2, 0) is 13.1 Å². The number of nitrogens with two attached hydrogens (primary N) is 1. The summed E-state index contributed by atoms with van der Waals surface area (Å²) in [6, 6.07) is 3.37. The molecule has 2 aromatic rings. The SMILES string of the molecule is Cc1cnc(CNC(=O)c2ccnc(CN)c2)s1. The van der Waals surface area contributed by atoms with Crippen LogP contribution in [0.1, 0.15) is 25.9 Å². The number of hydrogen-bond acceptors (Lipinski definition) is 5. The molecule has 2 heterocycles. The number of aromatic nitrogens is 2. The maximum Gasteiger partial charge on any atom is 0.251 e. The highest BCUT2D eigenvalue weighted by molar-refractivity contribution is 7.11. The Labute approximate surface area is 109 Å². The summed E-state index contributed by atoms with van der Waals surface area (Å²) in [5, 5.41) is 3.72. The number of aryl methyl sites for hydroxylation is 1. The number of nitrogens with one attached hydrogen (secondary N) is 1. The quantitative estimate of drug-likeness (QED) is 0.868. The summed E-state index contributed by atoms with van der Waals surface area (Å²) < 4.78 is 0. The number of carbonyl (C=O) groups excluding carboxylic acids is 1. The number of amides is 1. The third kappa shape index (κ3) is 3.12. The monoisotopic (exact) mass is 262 g/mol. The van der Waals surface area contributed by atoms with Crippen LogP contribution in [-0.4, -0.2) is 15.9 Å². The highest BCUT2D eigenvalue weighted by Gasteiger charge is 2.07. The minimum absolute atomic E-state index is 0.139. The lowest BCUT2D eigenvalue weighted by molar-refractivity contribution is 0.0950. The zero-order chi connectivity index (χ0) is 13.0. The lowest BCUT2D eigenvalue weighted by atomic mass is 10.2. The number of rotatable bonds is 4. The van der Waals surface area contributed by atoms with Gasteiger partial charge in [-0.3, -0.25) is 9.78 Å². The number of nitrogens with zero attached hydrogens (tertiary/aromatic N) is 2. The maximum absolute atomic E-state index is 11.9. The molecule has 0 spiro atoms. The lowest BCUT2D eigenvalue weighted by Gasteiger charge is -2.04. The van der Waals surface area contributed by atoms with Crippen molar-refractivity contribution in [1.82, 2.24) is 15.3 Å². The van der Waals surface area contributed by atoms with Crippen LogP contribution in [0.4, 0.5) is 0 Å². The van der Waals surface area contributed by atoms with Crippen LogP contribution in [0.25, 0.3) is 0 Å². The van der Waals surface area contributed by atoms with Gasteiger partial charge in [0.2, 0.25) is 0 Å². The number of carbonyl (C=O) groups is 1. The first-order valence-electron chi connectivity index (χ1n) is 5.53. The van der Waals surface area contributed by atoms with E-state index in [1.54, 1.807) is 35.9 Å². The first-order valence-corrected chi connectivity index (χ1v) is 6.35. The Morgan fingerprint density at radius 2 is 2.33 bits per heavy atom. The minimum Gasteiger partial charge on any atom is -0.346 e. The molecule has 5 nitrogen and oxygen atoms in total. The van der Waals surface area contributed by atoms with E-state index < -0.39 is 0 Å². The van der Waals surface area contributed by atoms with E-state index in [1.807, 2.05) is 6.92 Å². The molecular weight excluding hydrogens is 248 g/mol. The first-order chi connectivity index (χ1) is 8.69. The van der Waals surface area contributed by atoms with Crippen LogP contribution in [0.3, 0.4) is 0 Å².